The molecule has 5 rings (SSSR count). The highest BCUT2D eigenvalue weighted by molar-refractivity contribution is 7.07. The highest BCUT2D eigenvalue weighted by Crippen LogP contribution is 2.30. The number of rotatable bonds is 4. The summed E-state index contributed by atoms with van der Waals surface area (Å²) in [5.74, 6) is 0.181. The summed E-state index contributed by atoms with van der Waals surface area (Å²) in [7, 11) is 1.31. The number of ether oxygens (including phenoxy) is 1. The van der Waals surface area contributed by atoms with Crippen LogP contribution in [-0.2, 0) is 9.53 Å². The zero-order chi connectivity index (χ0) is 23.8. The molecule has 34 heavy (non-hydrogen) atoms. The number of nitrogens with zero attached hydrogens (tertiary/aromatic N) is 2. The Bertz CT molecular complexity index is 1590. The molecule has 0 saturated heterocycles. The summed E-state index contributed by atoms with van der Waals surface area (Å²) in [6.45, 7) is 1.74. The Balaban J connectivity index is 1.63. The van der Waals surface area contributed by atoms with Gasteiger partial charge in [0, 0.05) is 11.6 Å². The van der Waals surface area contributed by atoms with E-state index < -0.39 is 12.0 Å². The highest BCUT2D eigenvalue weighted by Gasteiger charge is 2.32. The Labute approximate surface area is 197 Å². The first-order valence-electron chi connectivity index (χ1n) is 10.5. The van der Waals surface area contributed by atoms with E-state index in [-0.39, 0.29) is 11.4 Å². The van der Waals surface area contributed by atoms with Crippen molar-refractivity contribution >= 4 is 23.4 Å². The average Bonchev–Trinajstić information content (AvgIpc) is 3.43. The van der Waals surface area contributed by atoms with Gasteiger partial charge in [0.05, 0.1) is 29.0 Å². The van der Waals surface area contributed by atoms with Crippen molar-refractivity contribution in [2.24, 2.45) is 4.99 Å². The van der Waals surface area contributed by atoms with Crippen LogP contribution in [0.1, 0.15) is 24.3 Å². The van der Waals surface area contributed by atoms with Crippen molar-refractivity contribution in [2.75, 3.05) is 7.11 Å². The minimum Gasteiger partial charge on any atom is -0.466 e. The first-order valence-corrected chi connectivity index (χ1v) is 11.3. The number of carbonyl (C=O) groups excluding carboxylic acids is 1. The third kappa shape index (κ3) is 3.82. The van der Waals surface area contributed by atoms with Gasteiger partial charge in [0.2, 0.25) is 0 Å². The minimum atomic E-state index is -0.654. The average molecular weight is 475 g/mol. The number of allylic oxidation sites excluding steroid dienone is 1. The van der Waals surface area contributed by atoms with Crippen molar-refractivity contribution < 1.29 is 18.3 Å². The fourth-order valence-corrected chi connectivity index (χ4v) is 5.00. The first kappa shape index (κ1) is 21.8. The van der Waals surface area contributed by atoms with E-state index in [1.807, 2.05) is 30.3 Å². The summed E-state index contributed by atoms with van der Waals surface area (Å²) in [6, 6.07) is 18.2. The second kappa shape index (κ2) is 8.72. The lowest BCUT2D eigenvalue weighted by Gasteiger charge is -2.24. The summed E-state index contributed by atoms with van der Waals surface area (Å²) in [4.78, 5) is 31.2. The third-order valence-electron chi connectivity index (χ3n) is 5.57. The summed E-state index contributed by atoms with van der Waals surface area (Å²) >= 11 is 1.22. The van der Waals surface area contributed by atoms with E-state index in [2.05, 4.69) is 4.99 Å². The van der Waals surface area contributed by atoms with Crippen molar-refractivity contribution in [3.63, 3.8) is 0 Å². The van der Waals surface area contributed by atoms with Gasteiger partial charge in [-0.05, 0) is 48.9 Å². The van der Waals surface area contributed by atoms with Crippen molar-refractivity contribution in [1.29, 1.82) is 0 Å². The number of hydrogen-bond donors (Lipinski definition) is 0. The van der Waals surface area contributed by atoms with Crippen LogP contribution in [-0.4, -0.2) is 17.6 Å². The predicted molar refractivity (Wildman–Crippen MR) is 126 cm³/mol. The summed E-state index contributed by atoms with van der Waals surface area (Å²) in [5.41, 5.74) is 2.05. The number of carbonyl (C=O) groups is 1. The zero-order valence-corrected chi connectivity index (χ0v) is 19.1. The number of fused-ring (bicyclic) bond motifs is 1. The van der Waals surface area contributed by atoms with E-state index in [9.17, 15) is 14.0 Å². The molecule has 1 aliphatic rings. The highest BCUT2D eigenvalue weighted by atomic mass is 32.1. The monoisotopic (exact) mass is 474 g/mol. The molecular weight excluding hydrogens is 455 g/mol. The molecule has 8 heteroatoms. The molecular formula is C26H19FN2O4S. The fourth-order valence-electron chi connectivity index (χ4n) is 3.97. The normalized spacial score (nSPS) is 15.7. The van der Waals surface area contributed by atoms with E-state index in [1.165, 1.54) is 35.1 Å². The van der Waals surface area contributed by atoms with Crippen molar-refractivity contribution in [1.82, 2.24) is 4.57 Å². The fraction of sp³-hybridized carbons (Fsp3) is 0.115. The van der Waals surface area contributed by atoms with Crippen LogP contribution >= 0.6 is 11.3 Å². The van der Waals surface area contributed by atoms with Gasteiger partial charge in [0.25, 0.3) is 5.56 Å². The van der Waals surface area contributed by atoms with E-state index in [4.69, 9.17) is 9.15 Å². The molecule has 0 bridgehead atoms. The van der Waals surface area contributed by atoms with Crippen LogP contribution < -0.4 is 14.9 Å². The van der Waals surface area contributed by atoms with Crippen molar-refractivity contribution in [2.45, 2.75) is 13.0 Å². The zero-order valence-electron chi connectivity index (χ0n) is 18.3. The molecule has 0 aliphatic carbocycles. The Hall–Kier alpha value is -4.04. The molecule has 0 amide bonds. The van der Waals surface area contributed by atoms with Gasteiger partial charge in [-0.3, -0.25) is 9.36 Å². The number of aromatic nitrogens is 1. The van der Waals surface area contributed by atoms with E-state index >= 15 is 0 Å². The van der Waals surface area contributed by atoms with Gasteiger partial charge in [-0.2, -0.15) is 0 Å². The Morgan fingerprint density at radius 1 is 1.12 bits per heavy atom. The lowest BCUT2D eigenvalue weighted by Crippen LogP contribution is -2.39. The second-order valence-corrected chi connectivity index (χ2v) is 8.70. The molecule has 6 nitrogen and oxygen atoms in total. The molecule has 0 unspecified atom stereocenters. The molecule has 0 saturated carbocycles. The van der Waals surface area contributed by atoms with Crippen LogP contribution in [0.3, 0.4) is 0 Å². The molecule has 1 aliphatic heterocycles. The Morgan fingerprint density at radius 2 is 1.85 bits per heavy atom. The first-order chi connectivity index (χ1) is 16.5. The largest absolute Gasteiger partial charge is 0.466 e. The van der Waals surface area contributed by atoms with Gasteiger partial charge in [0.15, 0.2) is 4.80 Å². The molecule has 0 fully saturated rings. The summed E-state index contributed by atoms with van der Waals surface area (Å²) in [6.07, 6.45) is 1.65. The molecule has 0 spiro atoms. The van der Waals surface area contributed by atoms with Gasteiger partial charge in [0.1, 0.15) is 17.3 Å². The van der Waals surface area contributed by atoms with Crippen LogP contribution in [0.4, 0.5) is 4.39 Å². The molecule has 3 heterocycles. The topological polar surface area (TPSA) is 73.8 Å². The Morgan fingerprint density at radius 3 is 2.56 bits per heavy atom. The van der Waals surface area contributed by atoms with Gasteiger partial charge < -0.3 is 9.15 Å². The molecule has 1 atom stereocenters. The smallest absolute Gasteiger partial charge is 0.338 e. The maximum Gasteiger partial charge on any atom is 0.338 e. The van der Waals surface area contributed by atoms with Crippen molar-refractivity contribution in [3.05, 3.63) is 115 Å². The number of furan rings is 1. The lowest BCUT2D eigenvalue weighted by molar-refractivity contribution is -0.136. The SMILES string of the molecule is COC(=O)C1=C(C)N=c2s/c(=C\c3ccc(-c4ccc(F)cc4)o3)c(=O)n2[C@@H]1c1ccccc1. The predicted octanol–water partition coefficient (Wildman–Crippen LogP) is 3.81. The second-order valence-electron chi connectivity index (χ2n) is 7.69. The molecule has 2 aromatic carbocycles. The quantitative estimate of drug-likeness (QED) is 0.422. The maximum atomic E-state index is 13.5. The third-order valence-corrected chi connectivity index (χ3v) is 6.55. The van der Waals surface area contributed by atoms with E-state index in [0.717, 1.165) is 11.1 Å². The minimum absolute atomic E-state index is 0.286. The standard InChI is InChI=1S/C26H19FN2O4S/c1-15-22(25(31)32-2)23(17-6-4-3-5-7-17)29-24(30)21(34-26(29)28-15)14-19-12-13-20(33-19)16-8-10-18(27)11-9-16/h3-14,23H,1-2H3/b21-14-/t23-/m1/s1. The molecule has 0 N–H and O–H groups in total. The molecule has 2 aromatic heterocycles. The van der Waals surface area contributed by atoms with Gasteiger partial charge in [-0.1, -0.05) is 41.7 Å². The van der Waals surface area contributed by atoms with E-state index in [1.54, 1.807) is 37.3 Å². The number of benzene rings is 2. The van der Waals surface area contributed by atoms with Crippen LogP contribution in [0.5, 0.6) is 0 Å². The maximum absolute atomic E-state index is 13.5. The number of esters is 1. The summed E-state index contributed by atoms with van der Waals surface area (Å²) in [5, 5.41) is 0. The number of methoxy groups -OCH3 is 1. The van der Waals surface area contributed by atoms with Crippen LogP contribution in [0.15, 0.2) is 92.2 Å². The molecule has 0 radical (unpaired) electrons. The van der Waals surface area contributed by atoms with Gasteiger partial charge in [-0.25, -0.2) is 14.2 Å². The number of thiazole rings is 1. The van der Waals surface area contributed by atoms with Crippen LogP contribution in [0, 0.1) is 5.82 Å². The Kier molecular flexibility index (Phi) is 5.59. The van der Waals surface area contributed by atoms with Crippen molar-refractivity contribution in [3.8, 4) is 11.3 Å². The number of halogens is 1. The summed E-state index contributed by atoms with van der Waals surface area (Å²) < 4.78 is 26.0. The number of hydrogen-bond acceptors (Lipinski definition) is 6. The lowest BCUT2D eigenvalue weighted by atomic mass is 9.96. The molecule has 4 aromatic rings. The van der Waals surface area contributed by atoms with Crippen LogP contribution in [0.25, 0.3) is 17.4 Å². The van der Waals surface area contributed by atoms with Crippen LogP contribution in [0.2, 0.25) is 0 Å². The van der Waals surface area contributed by atoms with Gasteiger partial charge >= 0.3 is 5.97 Å². The van der Waals surface area contributed by atoms with E-state index in [0.29, 0.717) is 32.1 Å². The van der Waals surface area contributed by atoms with Gasteiger partial charge in [-0.15, -0.1) is 0 Å². The molecule has 170 valence electrons.